The summed E-state index contributed by atoms with van der Waals surface area (Å²) in [6, 6.07) is 29.4. The van der Waals surface area contributed by atoms with E-state index in [1.807, 2.05) is 55.9 Å². The number of carbonyl (C=O) groups excluding carboxylic acids is 1. The number of aryl methyl sites for hydroxylation is 1. The van der Waals surface area contributed by atoms with E-state index in [-0.39, 0.29) is 10.7 Å². The fraction of sp³-hybridized carbons (Fsp3) is 0.306. The van der Waals surface area contributed by atoms with Crippen LogP contribution in [0.15, 0.2) is 84.9 Å². The predicted octanol–water partition coefficient (Wildman–Crippen LogP) is 9.25. The molecule has 41 heavy (non-hydrogen) atoms. The van der Waals surface area contributed by atoms with Crippen molar-refractivity contribution in [2.75, 3.05) is 12.4 Å². The molecule has 1 atom stereocenters. The summed E-state index contributed by atoms with van der Waals surface area (Å²) < 4.78 is 5.17. The lowest BCUT2D eigenvalue weighted by Crippen LogP contribution is -2.18. The van der Waals surface area contributed by atoms with Crippen LogP contribution in [0.4, 0.5) is 0 Å². The largest absolute Gasteiger partial charge is 0.467 e. The van der Waals surface area contributed by atoms with Gasteiger partial charge in [0.15, 0.2) is 0 Å². The first-order valence-electron chi connectivity index (χ1n) is 14.2. The number of fused-ring (bicyclic) bond motifs is 1. The molecule has 5 heteroatoms. The van der Waals surface area contributed by atoms with E-state index in [2.05, 4.69) is 66.7 Å². The second-order valence-electron chi connectivity index (χ2n) is 11.7. The lowest BCUT2D eigenvalue weighted by molar-refractivity contribution is -0.130. The van der Waals surface area contributed by atoms with Gasteiger partial charge in [0.05, 0.1) is 12.2 Å². The molecule has 1 aliphatic rings. The maximum absolute atomic E-state index is 10.8. The van der Waals surface area contributed by atoms with Gasteiger partial charge in [-0.2, -0.15) is 11.8 Å². The highest BCUT2D eigenvalue weighted by molar-refractivity contribution is 7.99. The van der Waals surface area contributed by atoms with Crippen LogP contribution in [0.5, 0.6) is 0 Å². The summed E-state index contributed by atoms with van der Waals surface area (Å²) in [4.78, 5) is 10.8. The second-order valence-corrected chi connectivity index (χ2v) is 13.3. The van der Waals surface area contributed by atoms with Gasteiger partial charge < -0.3 is 9.84 Å². The molecular formula is C36H37ClO3S. The molecule has 1 fully saturated rings. The molecule has 1 aliphatic carbocycles. The van der Waals surface area contributed by atoms with Gasteiger partial charge in [-0.05, 0) is 96.3 Å². The number of carbonyl (C=O) groups is 1. The summed E-state index contributed by atoms with van der Waals surface area (Å²) in [5, 5.41) is 14.1. The van der Waals surface area contributed by atoms with Gasteiger partial charge >= 0.3 is 0 Å². The zero-order valence-electron chi connectivity index (χ0n) is 23.7. The van der Waals surface area contributed by atoms with Crippen molar-refractivity contribution in [3.05, 3.63) is 118 Å². The third-order valence-electron chi connectivity index (χ3n) is 7.93. The van der Waals surface area contributed by atoms with E-state index in [4.69, 9.17) is 16.3 Å². The minimum Gasteiger partial charge on any atom is -0.467 e. The average molecular weight is 585 g/mol. The minimum absolute atomic E-state index is 0.102. The van der Waals surface area contributed by atoms with Crippen molar-refractivity contribution in [3.63, 3.8) is 0 Å². The minimum atomic E-state index is -0.887. The van der Waals surface area contributed by atoms with Crippen molar-refractivity contribution in [3.8, 4) is 0 Å². The van der Waals surface area contributed by atoms with Gasteiger partial charge in [0, 0.05) is 21.4 Å². The number of benzene rings is 4. The molecule has 4 aromatic carbocycles. The van der Waals surface area contributed by atoms with Gasteiger partial charge in [0.25, 0.3) is 6.47 Å². The number of rotatable bonds is 13. The van der Waals surface area contributed by atoms with Crippen molar-refractivity contribution in [2.24, 2.45) is 5.41 Å². The molecule has 1 saturated carbocycles. The first kappa shape index (κ1) is 29.4. The molecule has 0 aliphatic heterocycles. The highest BCUT2D eigenvalue weighted by Gasteiger charge is 2.43. The summed E-state index contributed by atoms with van der Waals surface area (Å²) in [7, 11) is 0. The Morgan fingerprint density at radius 1 is 0.951 bits per heavy atom. The molecule has 0 bridgehead atoms. The summed E-state index contributed by atoms with van der Waals surface area (Å²) in [6.07, 6.45) is 8.33. The zero-order chi connectivity index (χ0) is 28.9. The number of aliphatic hydroxyl groups is 1. The molecule has 0 saturated heterocycles. The molecular weight excluding hydrogens is 548 g/mol. The van der Waals surface area contributed by atoms with Crippen LogP contribution in [0.3, 0.4) is 0 Å². The normalized spacial score (nSPS) is 15.2. The van der Waals surface area contributed by atoms with Crippen molar-refractivity contribution < 1.29 is 14.6 Å². The average Bonchev–Trinajstić information content (AvgIpc) is 3.74. The van der Waals surface area contributed by atoms with Crippen molar-refractivity contribution in [1.29, 1.82) is 0 Å². The van der Waals surface area contributed by atoms with Gasteiger partial charge in [-0.15, -0.1) is 0 Å². The summed E-state index contributed by atoms with van der Waals surface area (Å²) in [5.41, 5.74) is 4.95. The lowest BCUT2D eigenvalue weighted by Gasteiger charge is -2.24. The molecule has 5 rings (SSSR count). The molecule has 0 unspecified atom stereocenters. The van der Waals surface area contributed by atoms with E-state index in [1.54, 1.807) is 0 Å². The van der Waals surface area contributed by atoms with E-state index in [0.29, 0.717) is 13.1 Å². The molecule has 1 N–H and O–H groups in total. The number of hydrogen-bond acceptors (Lipinski definition) is 4. The fourth-order valence-electron chi connectivity index (χ4n) is 5.36. The van der Waals surface area contributed by atoms with Crippen LogP contribution < -0.4 is 0 Å². The van der Waals surface area contributed by atoms with Crippen LogP contribution in [-0.4, -0.2) is 23.9 Å². The standard InChI is InChI=1S/C36H37ClO3S/c1-35(2,39)33-9-4-3-7-29(33)15-17-34(41-24-36(18-19-36)23-40-25-38)30-8-5-6-26(20-30)10-11-27-12-13-28-14-16-32(37)22-31(28)21-27/h3-14,16,20-22,25,34,39H,15,17-19,23-24H2,1-2H3/b11-10+/t34-/m1/s1. The summed E-state index contributed by atoms with van der Waals surface area (Å²) in [6.45, 7) is 4.76. The fourth-order valence-corrected chi connectivity index (χ4v) is 7.09. The van der Waals surface area contributed by atoms with Gasteiger partial charge in [-0.1, -0.05) is 90.5 Å². The first-order chi connectivity index (χ1) is 19.7. The molecule has 3 nitrogen and oxygen atoms in total. The molecule has 0 radical (unpaired) electrons. The quantitative estimate of drug-likeness (QED) is 0.126. The van der Waals surface area contributed by atoms with Gasteiger partial charge in [0.1, 0.15) is 0 Å². The summed E-state index contributed by atoms with van der Waals surface area (Å²) >= 11 is 8.17. The number of halogens is 1. The molecule has 0 amide bonds. The first-order valence-corrected chi connectivity index (χ1v) is 15.6. The van der Waals surface area contributed by atoms with E-state index < -0.39 is 5.60 Å². The van der Waals surface area contributed by atoms with E-state index >= 15 is 0 Å². The lowest BCUT2D eigenvalue weighted by atomic mass is 9.90. The van der Waals surface area contributed by atoms with E-state index in [9.17, 15) is 9.90 Å². The monoisotopic (exact) mass is 584 g/mol. The van der Waals surface area contributed by atoms with Crippen LogP contribution in [0, 0.1) is 5.41 Å². The topological polar surface area (TPSA) is 46.5 Å². The Balaban J connectivity index is 1.36. The third-order valence-corrected chi connectivity index (χ3v) is 9.86. The second kappa shape index (κ2) is 12.9. The smallest absolute Gasteiger partial charge is 0.293 e. The Kier molecular flexibility index (Phi) is 9.23. The van der Waals surface area contributed by atoms with Crippen molar-refractivity contribution in [2.45, 2.75) is 50.4 Å². The Morgan fingerprint density at radius 2 is 1.71 bits per heavy atom. The number of hydrogen-bond donors (Lipinski definition) is 1. The van der Waals surface area contributed by atoms with Gasteiger partial charge in [-0.3, -0.25) is 4.79 Å². The molecule has 0 heterocycles. The third kappa shape index (κ3) is 7.82. The number of thioether (sulfide) groups is 1. The molecule has 0 aromatic heterocycles. The Hall–Kier alpha value is -3.05. The molecule has 0 spiro atoms. The summed E-state index contributed by atoms with van der Waals surface area (Å²) in [5.74, 6) is 0.957. The van der Waals surface area contributed by atoms with Crippen LogP contribution in [0.25, 0.3) is 22.9 Å². The maximum Gasteiger partial charge on any atom is 0.293 e. The Bertz CT molecular complexity index is 1530. The molecule has 212 valence electrons. The maximum atomic E-state index is 10.8. The zero-order valence-corrected chi connectivity index (χ0v) is 25.3. The van der Waals surface area contributed by atoms with Crippen LogP contribution >= 0.6 is 23.4 Å². The van der Waals surface area contributed by atoms with Gasteiger partial charge in [0.2, 0.25) is 0 Å². The van der Waals surface area contributed by atoms with Crippen molar-refractivity contribution >= 4 is 52.8 Å². The van der Waals surface area contributed by atoms with Crippen LogP contribution in [-0.2, 0) is 21.6 Å². The highest BCUT2D eigenvalue weighted by Crippen LogP contribution is 2.51. The predicted molar refractivity (Wildman–Crippen MR) is 173 cm³/mol. The molecule has 4 aromatic rings. The van der Waals surface area contributed by atoms with Crippen molar-refractivity contribution in [1.82, 2.24) is 0 Å². The van der Waals surface area contributed by atoms with E-state index in [1.165, 1.54) is 16.5 Å². The van der Waals surface area contributed by atoms with Crippen LogP contribution in [0.2, 0.25) is 5.02 Å². The van der Waals surface area contributed by atoms with Crippen LogP contribution in [0.1, 0.15) is 66.2 Å². The highest BCUT2D eigenvalue weighted by atomic mass is 35.5. The van der Waals surface area contributed by atoms with Gasteiger partial charge in [-0.25, -0.2) is 0 Å². The van der Waals surface area contributed by atoms with E-state index in [0.717, 1.165) is 58.5 Å². The SMILES string of the molecule is CC(C)(O)c1ccccc1CC[C@@H](SCC1(COC=O)CC1)c1cccc(/C=C/c2ccc3ccc(Cl)cc3c2)c1. The Morgan fingerprint density at radius 3 is 2.46 bits per heavy atom. The Labute approximate surface area is 252 Å². The number of ether oxygens (including phenoxy) is 1.